The van der Waals surface area contributed by atoms with E-state index in [9.17, 15) is 14.9 Å². The Hall–Kier alpha value is -1.51. The Balaban J connectivity index is 2.14. The largest absolute Gasteiger partial charge is 0.456 e. The molecule has 19 heavy (non-hydrogen) atoms. The molecule has 8 nitrogen and oxygen atoms in total. The first-order valence-corrected chi connectivity index (χ1v) is 5.79. The minimum Gasteiger partial charge on any atom is -0.456 e. The molecule has 8 heteroatoms. The van der Waals surface area contributed by atoms with E-state index >= 15 is 0 Å². The lowest BCUT2D eigenvalue weighted by Gasteiger charge is -2.23. The summed E-state index contributed by atoms with van der Waals surface area (Å²) in [5.74, 6) is -1.35. The fourth-order valence-electron chi connectivity index (χ4n) is 2.14. The minimum atomic E-state index is -0.842. The molecule has 0 aromatic rings. The number of ether oxygens (including phenoxy) is 4. The number of fused-ring (bicyclic) bond motifs is 1. The predicted octanol–water partition coefficient (Wildman–Crippen LogP) is 0.585. The highest BCUT2D eigenvalue weighted by Crippen LogP contribution is 2.39. The number of rotatable bonds is 3. The summed E-state index contributed by atoms with van der Waals surface area (Å²) in [7, 11) is 0. The molecule has 2 saturated heterocycles. The van der Waals surface area contributed by atoms with Crippen molar-refractivity contribution in [3.63, 3.8) is 0 Å². The van der Waals surface area contributed by atoms with Crippen molar-refractivity contribution in [2.24, 2.45) is 0 Å². The average molecular weight is 273 g/mol. The number of hydrogen-bond donors (Lipinski definition) is 0. The molecule has 2 aliphatic rings. The Morgan fingerprint density at radius 1 is 1.42 bits per heavy atom. The standard InChI is InChI=1S/C11H15NO7/c1-6(13)16-8-7(4-5-12(14)15)17-10-9(8)18-11(2,3)19-10/h4-5,7-10H,1-3H3/b5-4+/t7-,8-,9-,10-/m1/s1. The maximum absolute atomic E-state index is 11.1. The second kappa shape index (κ2) is 4.87. The zero-order valence-corrected chi connectivity index (χ0v) is 10.8. The van der Waals surface area contributed by atoms with Crippen molar-refractivity contribution in [2.75, 3.05) is 0 Å². The molecule has 2 aliphatic heterocycles. The van der Waals surface area contributed by atoms with E-state index in [0.29, 0.717) is 0 Å². The van der Waals surface area contributed by atoms with E-state index in [-0.39, 0.29) is 0 Å². The maximum Gasteiger partial charge on any atom is 0.303 e. The summed E-state index contributed by atoms with van der Waals surface area (Å²) in [6, 6.07) is 0. The third-order valence-corrected chi connectivity index (χ3v) is 2.73. The van der Waals surface area contributed by atoms with Gasteiger partial charge in [-0.05, 0) is 13.8 Å². The molecular formula is C11H15NO7. The fraction of sp³-hybridized carbons (Fsp3) is 0.727. The molecule has 0 aromatic carbocycles. The second-order valence-electron chi connectivity index (χ2n) is 4.77. The number of nitrogens with zero attached hydrogens (tertiary/aromatic N) is 1. The van der Waals surface area contributed by atoms with Gasteiger partial charge in [0.2, 0.25) is 6.20 Å². The van der Waals surface area contributed by atoms with Crippen LogP contribution >= 0.6 is 0 Å². The van der Waals surface area contributed by atoms with Crippen molar-refractivity contribution in [3.8, 4) is 0 Å². The Labute approximate surface area is 109 Å². The molecule has 0 bridgehead atoms. The summed E-state index contributed by atoms with van der Waals surface area (Å²) < 4.78 is 21.7. The van der Waals surface area contributed by atoms with Gasteiger partial charge in [0.05, 0.1) is 4.92 Å². The topological polar surface area (TPSA) is 97.1 Å². The fourth-order valence-corrected chi connectivity index (χ4v) is 2.14. The molecule has 0 radical (unpaired) electrons. The van der Waals surface area contributed by atoms with Crippen LogP contribution in [0.15, 0.2) is 12.3 Å². The Morgan fingerprint density at radius 2 is 2.11 bits per heavy atom. The molecule has 2 fully saturated rings. The molecule has 0 spiro atoms. The number of hydrogen-bond acceptors (Lipinski definition) is 7. The summed E-state index contributed by atoms with van der Waals surface area (Å²) in [6.45, 7) is 4.67. The molecular weight excluding hydrogens is 258 g/mol. The molecule has 0 N–H and O–H groups in total. The number of esters is 1. The molecule has 0 unspecified atom stereocenters. The van der Waals surface area contributed by atoms with Gasteiger partial charge in [0.1, 0.15) is 6.10 Å². The molecule has 2 rings (SSSR count). The quantitative estimate of drug-likeness (QED) is 0.421. The van der Waals surface area contributed by atoms with E-state index in [1.807, 2.05) is 0 Å². The maximum atomic E-state index is 11.1. The average Bonchev–Trinajstić information content (AvgIpc) is 2.69. The normalized spacial score (nSPS) is 36.4. The van der Waals surface area contributed by atoms with Crippen molar-refractivity contribution >= 4 is 5.97 Å². The van der Waals surface area contributed by atoms with Crippen molar-refractivity contribution < 1.29 is 28.7 Å². The van der Waals surface area contributed by atoms with Crippen LogP contribution in [0.1, 0.15) is 20.8 Å². The molecule has 0 aliphatic carbocycles. The Morgan fingerprint density at radius 3 is 2.68 bits per heavy atom. The van der Waals surface area contributed by atoms with Crippen molar-refractivity contribution in [1.29, 1.82) is 0 Å². The van der Waals surface area contributed by atoms with Gasteiger partial charge in [0.15, 0.2) is 24.3 Å². The SMILES string of the molecule is CC(=O)O[C@H]1[C@H]2OC(C)(C)O[C@H]2O[C@@H]1/C=C/[N+](=O)[O-]. The highest BCUT2D eigenvalue weighted by atomic mass is 16.8. The van der Waals surface area contributed by atoms with Crippen molar-refractivity contribution in [1.82, 2.24) is 0 Å². The summed E-state index contributed by atoms with van der Waals surface area (Å²) in [5, 5.41) is 10.3. The van der Waals surface area contributed by atoms with Gasteiger partial charge < -0.3 is 18.9 Å². The predicted molar refractivity (Wildman–Crippen MR) is 60.4 cm³/mol. The molecule has 106 valence electrons. The zero-order chi connectivity index (χ0) is 14.2. The molecule has 0 aromatic heterocycles. The van der Waals surface area contributed by atoms with Gasteiger partial charge >= 0.3 is 5.97 Å². The first-order valence-electron chi connectivity index (χ1n) is 5.79. The summed E-state index contributed by atoms with van der Waals surface area (Å²) in [4.78, 5) is 20.8. The van der Waals surface area contributed by atoms with Crippen molar-refractivity contribution in [3.05, 3.63) is 22.4 Å². The smallest absolute Gasteiger partial charge is 0.303 e. The third kappa shape index (κ3) is 3.09. The van der Waals surface area contributed by atoms with Crippen LogP contribution in [0.2, 0.25) is 0 Å². The van der Waals surface area contributed by atoms with Crippen LogP contribution in [-0.2, 0) is 23.7 Å². The highest BCUT2D eigenvalue weighted by Gasteiger charge is 2.55. The van der Waals surface area contributed by atoms with Crippen LogP contribution in [0.5, 0.6) is 0 Å². The first kappa shape index (κ1) is 13.9. The number of nitro groups is 1. The van der Waals surface area contributed by atoms with Crippen LogP contribution < -0.4 is 0 Å². The second-order valence-corrected chi connectivity index (χ2v) is 4.77. The van der Waals surface area contributed by atoms with Gasteiger partial charge in [-0.3, -0.25) is 14.9 Å². The molecule has 0 saturated carbocycles. The number of carbonyl (C=O) groups is 1. The number of carbonyl (C=O) groups excluding carboxylic acids is 1. The summed E-state index contributed by atoms with van der Waals surface area (Å²) in [5.41, 5.74) is 0. The Bertz CT molecular complexity index is 419. The lowest BCUT2D eigenvalue weighted by Crippen LogP contribution is -2.37. The van der Waals surface area contributed by atoms with Gasteiger partial charge in [0.25, 0.3) is 0 Å². The summed E-state index contributed by atoms with van der Waals surface area (Å²) in [6.07, 6.45) is -0.874. The van der Waals surface area contributed by atoms with Gasteiger partial charge in [-0.15, -0.1) is 0 Å². The van der Waals surface area contributed by atoms with E-state index in [4.69, 9.17) is 18.9 Å². The molecule has 2 heterocycles. The monoisotopic (exact) mass is 273 g/mol. The van der Waals surface area contributed by atoms with Gasteiger partial charge in [0, 0.05) is 13.0 Å². The lowest BCUT2D eigenvalue weighted by molar-refractivity contribution is -0.403. The van der Waals surface area contributed by atoms with Crippen molar-refractivity contribution in [2.45, 2.75) is 51.2 Å². The van der Waals surface area contributed by atoms with Crippen LogP contribution in [0.3, 0.4) is 0 Å². The van der Waals surface area contributed by atoms with Gasteiger partial charge in [-0.1, -0.05) is 0 Å². The first-order chi connectivity index (χ1) is 8.78. The van der Waals surface area contributed by atoms with Gasteiger partial charge in [-0.25, -0.2) is 0 Å². The highest BCUT2D eigenvalue weighted by molar-refractivity contribution is 5.66. The minimum absolute atomic E-state index is 0.512. The van der Waals surface area contributed by atoms with E-state index in [1.54, 1.807) is 13.8 Å². The zero-order valence-electron chi connectivity index (χ0n) is 10.8. The van der Waals surface area contributed by atoms with Crippen LogP contribution in [0, 0.1) is 10.1 Å². The van der Waals surface area contributed by atoms with E-state index < -0.39 is 41.3 Å². The van der Waals surface area contributed by atoms with Crippen LogP contribution in [0.25, 0.3) is 0 Å². The van der Waals surface area contributed by atoms with E-state index in [2.05, 4.69) is 0 Å². The summed E-state index contributed by atoms with van der Waals surface area (Å²) >= 11 is 0. The third-order valence-electron chi connectivity index (χ3n) is 2.73. The van der Waals surface area contributed by atoms with E-state index in [1.165, 1.54) is 13.0 Å². The molecule has 4 atom stereocenters. The van der Waals surface area contributed by atoms with E-state index in [0.717, 1.165) is 6.20 Å². The van der Waals surface area contributed by atoms with Gasteiger partial charge in [-0.2, -0.15) is 0 Å². The molecule has 0 amide bonds. The van der Waals surface area contributed by atoms with Crippen LogP contribution in [-0.4, -0.2) is 41.3 Å². The van der Waals surface area contributed by atoms with Crippen LogP contribution in [0.4, 0.5) is 0 Å². The lowest BCUT2D eigenvalue weighted by atomic mass is 10.1. The Kier molecular flexibility index (Phi) is 3.57.